The third-order valence-corrected chi connectivity index (χ3v) is 2.16. The van der Waals surface area contributed by atoms with E-state index < -0.39 is 31.0 Å². The molecule has 9 heteroatoms. The largest absolute Gasteiger partial charge is 0.480 e. The number of carbonyl (C=O) groups excluding carboxylic acids is 1. The van der Waals surface area contributed by atoms with Gasteiger partial charge in [-0.3, -0.25) is 14.2 Å². The van der Waals surface area contributed by atoms with Gasteiger partial charge < -0.3 is 20.0 Å². The third-order valence-electron chi connectivity index (χ3n) is 1.03. The van der Waals surface area contributed by atoms with Gasteiger partial charge in [0.05, 0.1) is 0 Å². The second-order valence-corrected chi connectivity index (χ2v) is 3.69. The van der Waals surface area contributed by atoms with E-state index in [2.05, 4.69) is 0 Å². The number of aliphatic carboxylic acids is 2. The molecule has 0 aromatic heterocycles. The van der Waals surface area contributed by atoms with Gasteiger partial charge in [0, 0.05) is 0 Å². The average Bonchev–Trinajstić information content (AvgIpc) is 1.82. The predicted octanol–water partition coefficient (Wildman–Crippen LogP) is -1.73. The fourth-order valence-electron chi connectivity index (χ4n) is 0.526. The molecule has 0 radical (unpaired) electrons. The third kappa shape index (κ3) is 2.94. The van der Waals surface area contributed by atoms with Gasteiger partial charge in [-0.25, -0.2) is 4.79 Å². The molecular formula is C4H5O8P. The quantitative estimate of drug-likeness (QED) is 0.244. The normalized spacial score (nSPS) is 13.4. The van der Waals surface area contributed by atoms with Gasteiger partial charge in [0.2, 0.25) is 5.66 Å². The summed E-state index contributed by atoms with van der Waals surface area (Å²) in [6.07, 6.45) is 0. The lowest BCUT2D eigenvalue weighted by molar-refractivity contribution is -0.152. The SMILES string of the molecule is O=C(O)C(=O)C(C(=O)O)P(=O)(O)O. The van der Waals surface area contributed by atoms with Crippen LogP contribution >= 0.6 is 7.60 Å². The van der Waals surface area contributed by atoms with Crippen LogP contribution in [0.3, 0.4) is 0 Å². The average molecular weight is 212 g/mol. The second kappa shape index (κ2) is 3.65. The Morgan fingerprint density at radius 3 is 1.54 bits per heavy atom. The molecule has 4 N–H and O–H groups in total. The lowest BCUT2D eigenvalue weighted by Gasteiger charge is -2.09. The van der Waals surface area contributed by atoms with E-state index in [9.17, 15) is 18.9 Å². The molecule has 0 aliphatic carbocycles. The van der Waals surface area contributed by atoms with Crippen molar-refractivity contribution in [3.05, 3.63) is 0 Å². The van der Waals surface area contributed by atoms with Gasteiger partial charge in [-0.15, -0.1) is 0 Å². The van der Waals surface area contributed by atoms with Gasteiger partial charge in [0.25, 0.3) is 5.78 Å². The first-order chi connectivity index (χ1) is 5.68. The van der Waals surface area contributed by atoms with Gasteiger partial charge >= 0.3 is 19.5 Å². The molecule has 0 aromatic carbocycles. The molecule has 0 aromatic rings. The topological polar surface area (TPSA) is 149 Å². The minimum Gasteiger partial charge on any atom is -0.480 e. The molecule has 0 heterocycles. The highest BCUT2D eigenvalue weighted by Crippen LogP contribution is 2.41. The van der Waals surface area contributed by atoms with E-state index in [0.717, 1.165) is 0 Å². The molecule has 74 valence electrons. The monoisotopic (exact) mass is 212 g/mol. The number of carboxylic acids is 2. The number of carbonyl (C=O) groups is 3. The minimum atomic E-state index is -5.27. The minimum absolute atomic E-state index is 2.04. The maximum Gasteiger partial charge on any atom is 0.373 e. The molecule has 0 fully saturated rings. The molecule has 0 amide bonds. The molecule has 0 spiro atoms. The van der Waals surface area contributed by atoms with Crippen LogP contribution in [0.5, 0.6) is 0 Å². The molecule has 1 atom stereocenters. The molecule has 8 nitrogen and oxygen atoms in total. The highest BCUT2D eigenvalue weighted by Gasteiger charge is 2.45. The van der Waals surface area contributed by atoms with E-state index in [1.54, 1.807) is 0 Å². The highest BCUT2D eigenvalue weighted by atomic mass is 31.2. The summed E-state index contributed by atoms with van der Waals surface area (Å²) < 4.78 is 10.3. The maximum atomic E-state index is 10.5. The summed E-state index contributed by atoms with van der Waals surface area (Å²) in [7, 11) is -5.27. The number of hydrogen-bond donors (Lipinski definition) is 4. The van der Waals surface area contributed by atoms with Crippen molar-refractivity contribution >= 4 is 25.3 Å². The van der Waals surface area contributed by atoms with Crippen LogP contribution in [0, 0.1) is 0 Å². The number of rotatable bonds is 4. The van der Waals surface area contributed by atoms with Crippen molar-refractivity contribution in [3.63, 3.8) is 0 Å². The molecule has 0 saturated carbocycles. The van der Waals surface area contributed by atoms with Crippen molar-refractivity contribution in [1.82, 2.24) is 0 Å². The number of Topliss-reactive ketones (excluding diaryl/α,β-unsaturated/α-hetero) is 1. The number of ketones is 1. The Morgan fingerprint density at radius 1 is 1.08 bits per heavy atom. The predicted molar refractivity (Wildman–Crippen MR) is 36.1 cm³/mol. The molecule has 13 heavy (non-hydrogen) atoms. The Kier molecular flexibility index (Phi) is 3.30. The van der Waals surface area contributed by atoms with E-state index in [1.807, 2.05) is 0 Å². The van der Waals surface area contributed by atoms with Gasteiger partial charge in [0.1, 0.15) is 0 Å². The van der Waals surface area contributed by atoms with Crippen LogP contribution in [0.15, 0.2) is 0 Å². The van der Waals surface area contributed by atoms with Gasteiger partial charge in [-0.05, 0) is 0 Å². The summed E-state index contributed by atoms with van der Waals surface area (Å²) in [4.78, 5) is 47.1. The first kappa shape index (κ1) is 11.8. The summed E-state index contributed by atoms with van der Waals surface area (Å²) >= 11 is 0. The van der Waals surface area contributed by atoms with Crippen molar-refractivity contribution in [1.29, 1.82) is 0 Å². The van der Waals surface area contributed by atoms with Crippen LogP contribution in [0.25, 0.3) is 0 Å². The van der Waals surface area contributed by atoms with Crippen molar-refractivity contribution in [2.75, 3.05) is 0 Å². The Labute approximate surface area is 71.0 Å². The zero-order chi connectivity index (χ0) is 10.8. The standard InChI is InChI=1S/C4H5O8P/c5-1(3(6)7)2(4(8)9)13(10,11)12/h2H,(H,6,7)(H,8,9)(H2,10,11,12). The molecule has 0 saturated heterocycles. The zero-order valence-electron chi connectivity index (χ0n) is 5.95. The maximum absolute atomic E-state index is 10.5. The smallest absolute Gasteiger partial charge is 0.373 e. The van der Waals surface area contributed by atoms with Gasteiger partial charge in [-0.1, -0.05) is 0 Å². The summed E-state index contributed by atoms with van der Waals surface area (Å²) in [5, 5.41) is 16.2. The van der Waals surface area contributed by atoms with Crippen LogP contribution < -0.4 is 0 Å². The summed E-state index contributed by atoms with van der Waals surface area (Å²) in [5.41, 5.74) is -2.83. The van der Waals surface area contributed by atoms with E-state index >= 15 is 0 Å². The van der Waals surface area contributed by atoms with E-state index in [0.29, 0.717) is 0 Å². The van der Waals surface area contributed by atoms with E-state index in [-0.39, 0.29) is 0 Å². The van der Waals surface area contributed by atoms with Crippen molar-refractivity contribution < 1.29 is 38.9 Å². The Balaban J connectivity index is 5.07. The summed E-state index contributed by atoms with van der Waals surface area (Å²) in [6.45, 7) is 0. The second-order valence-electron chi connectivity index (χ2n) is 2.00. The van der Waals surface area contributed by atoms with Crippen LogP contribution in [-0.4, -0.2) is 43.4 Å². The van der Waals surface area contributed by atoms with Gasteiger partial charge in [-0.2, -0.15) is 0 Å². The highest BCUT2D eigenvalue weighted by molar-refractivity contribution is 7.55. The summed E-state index contributed by atoms with van der Waals surface area (Å²) in [6, 6.07) is 0. The van der Waals surface area contributed by atoms with Crippen molar-refractivity contribution in [2.45, 2.75) is 5.66 Å². The molecule has 0 aliphatic rings. The van der Waals surface area contributed by atoms with Crippen LogP contribution in [0.4, 0.5) is 0 Å². The zero-order valence-corrected chi connectivity index (χ0v) is 6.84. The molecule has 1 unspecified atom stereocenters. The van der Waals surface area contributed by atoms with Gasteiger partial charge in [0.15, 0.2) is 0 Å². The van der Waals surface area contributed by atoms with Crippen molar-refractivity contribution in [2.24, 2.45) is 0 Å². The van der Waals surface area contributed by atoms with Crippen LogP contribution in [0.2, 0.25) is 0 Å². The van der Waals surface area contributed by atoms with Crippen LogP contribution in [0.1, 0.15) is 0 Å². The molecule has 0 rings (SSSR count). The first-order valence-electron chi connectivity index (χ1n) is 2.73. The molecule has 0 aliphatic heterocycles. The number of hydrogen-bond acceptors (Lipinski definition) is 4. The first-order valence-corrected chi connectivity index (χ1v) is 4.41. The van der Waals surface area contributed by atoms with E-state index in [1.165, 1.54) is 0 Å². The Bertz CT molecular complexity index is 299. The van der Waals surface area contributed by atoms with Crippen LogP contribution in [-0.2, 0) is 18.9 Å². The molecule has 0 bridgehead atoms. The summed E-state index contributed by atoms with van der Waals surface area (Å²) in [5.74, 6) is -6.41. The number of carboxylic acid groups (broad SMARTS) is 2. The lowest BCUT2D eigenvalue weighted by atomic mass is 10.3. The lowest BCUT2D eigenvalue weighted by Crippen LogP contribution is -2.35. The van der Waals surface area contributed by atoms with E-state index in [4.69, 9.17) is 20.0 Å². The van der Waals surface area contributed by atoms with Crippen molar-refractivity contribution in [3.8, 4) is 0 Å². The Morgan fingerprint density at radius 2 is 1.46 bits per heavy atom. The Hall–Kier alpha value is -1.24. The fourth-order valence-corrected chi connectivity index (χ4v) is 1.23. The fraction of sp³-hybridized carbons (Fsp3) is 0.250. The molecular weight excluding hydrogens is 207 g/mol.